The number of hydrogen-bond donors (Lipinski definition) is 0. The van der Waals surface area contributed by atoms with E-state index in [-0.39, 0.29) is 11.9 Å². The Morgan fingerprint density at radius 1 is 1.05 bits per heavy atom. The first-order valence-electron chi connectivity index (χ1n) is 8.33. The average molecular weight is 294 g/mol. The van der Waals surface area contributed by atoms with Gasteiger partial charge in [-0.15, -0.1) is 0 Å². The second-order valence-corrected chi connectivity index (χ2v) is 6.94. The molecule has 2 aromatic rings. The fourth-order valence-electron chi connectivity index (χ4n) is 4.76. The molecule has 2 fully saturated rings. The topological polar surface area (TPSA) is 26.3 Å². The number of methoxy groups -OCH3 is 1. The van der Waals surface area contributed by atoms with Crippen LogP contribution in [0.15, 0.2) is 42.5 Å². The minimum absolute atomic E-state index is 0.0106. The second kappa shape index (κ2) is 5.42. The predicted octanol–water partition coefficient (Wildman–Crippen LogP) is 4.53. The van der Waals surface area contributed by atoms with Gasteiger partial charge in [-0.2, -0.15) is 0 Å². The van der Waals surface area contributed by atoms with Gasteiger partial charge in [0, 0.05) is 0 Å². The minimum atomic E-state index is -0.0106. The highest BCUT2D eigenvalue weighted by Gasteiger charge is 2.46. The van der Waals surface area contributed by atoms with Gasteiger partial charge >= 0.3 is 5.97 Å². The quantitative estimate of drug-likeness (QED) is 0.760. The van der Waals surface area contributed by atoms with Gasteiger partial charge in [0.2, 0.25) is 0 Å². The number of fused-ring (bicyclic) bond motifs is 3. The zero-order chi connectivity index (χ0) is 15.1. The standard InChI is InChI=1S/C20H22O2/c1-22-20(21)19-17-7-6-13(10-17)11-18(19)16-9-8-14-4-2-3-5-15(14)12-16/h2-5,8-9,12-13,17-19H,6-7,10-11H2,1H3/t13-,17+,18+,19-/m1/s1. The molecule has 2 nitrogen and oxygen atoms in total. The van der Waals surface area contributed by atoms with Crippen molar-refractivity contribution in [1.29, 1.82) is 0 Å². The Morgan fingerprint density at radius 2 is 1.86 bits per heavy atom. The molecule has 2 aromatic carbocycles. The van der Waals surface area contributed by atoms with Crippen molar-refractivity contribution in [3.8, 4) is 0 Å². The molecule has 22 heavy (non-hydrogen) atoms. The third-order valence-corrected chi connectivity index (χ3v) is 5.79. The molecule has 0 saturated heterocycles. The van der Waals surface area contributed by atoms with Gasteiger partial charge in [-0.25, -0.2) is 0 Å². The maximum atomic E-state index is 12.4. The summed E-state index contributed by atoms with van der Waals surface area (Å²) in [5, 5.41) is 2.53. The van der Waals surface area contributed by atoms with Crippen LogP contribution < -0.4 is 0 Å². The SMILES string of the molecule is COC(=O)[C@@H]1[C@H]2CC[C@H](C2)C[C@H]1c1ccc2ccccc2c1. The van der Waals surface area contributed by atoms with Crippen LogP contribution in [0.1, 0.15) is 37.2 Å². The Balaban J connectivity index is 1.75. The Hall–Kier alpha value is -1.83. The predicted molar refractivity (Wildman–Crippen MR) is 87.6 cm³/mol. The molecule has 0 unspecified atom stereocenters. The van der Waals surface area contributed by atoms with Gasteiger partial charge in [0.05, 0.1) is 13.0 Å². The molecule has 2 aliphatic rings. The maximum absolute atomic E-state index is 12.4. The molecule has 0 radical (unpaired) electrons. The van der Waals surface area contributed by atoms with Crippen LogP contribution in [0.5, 0.6) is 0 Å². The maximum Gasteiger partial charge on any atom is 0.309 e. The first-order chi connectivity index (χ1) is 10.8. The number of carbonyl (C=O) groups excluding carboxylic acids is 1. The summed E-state index contributed by atoms with van der Waals surface area (Å²) < 4.78 is 5.14. The van der Waals surface area contributed by atoms with Crippen LogP contribution in [-0.2, 0) is 9.53 Å². The van der Waals surface area contributed by atoms with Gasteiger partial charge in [0.1, 0.15) is 0 Å². The van der Waals surface area contributed by atoms with Crippen molar-refractivity contribution < 1.29 is 9.53 Å². The highest BCUT2D eigenvalue weighted by molar-refractivity contribution is 5.83. The van der Waals surface area contributed by atoms with E-state index in [0.717, 1.165) is 12.3 Å². The molecule has 114 valence electrons. The van der Waals surface area contributed by atoms with Crippen LogP contribution in [-0.4, -0.2) is 13.1 Å². The average Bonchev–Trinajstić information content (AvgIpc) is 2.95. The lowest BCUT2D eigenvalue weighted by atomic mass is 9.69. The number of hydrogen-bond acceptors (Lipinski definition) is 2. The molecule has 4 atom stereocenters. The highest BCUT2D eigenvalue weighted by atomic mass is 16.5. The number of ether oxygens (including phenoxy) is 1. The van der Waals surface area contributed by atoms with E-state index in [2.05, 4.69) is 42.5 Å². The zero-order valence-electron chi connectivity index (χ0n) is 13.0. The Morgan fingerprint density at radius 3 is 2.68 bits per heavy atom. The van der Waals surface area contributed by atoms with Crippen molar-refractivity contribution in [3.05, 3.63) is 48.0 Å². The summed E-state index contributed by atoms with van der Waals surface area (Å²) in [6.45, 7) is 0. The lowest BCUT2D eigenvalue weighted by molar-refractivity contribution is -0.149. The molecule has 0 spiro atoms. The molecule has 0 heterocycles. The minimum Gasteiger partial charge on any atom is -0.469 e. The Bertz CT molecular complexity index is 706. The van der Waals surface area contributed by atoms with Crippen molar-refractivity contribution in [3.63, 3.8) is 0 Å². The molecule has 2 heteroatoms. The number of rotatable bonds is 2. The van der Waals surface area contributed by atoms with Gasteiger partial charge in [-0.1, -0.05) is 48.9 Å². The lowest BCUT2D eigenvalue weighted by Gasteiger charge is -2.35. The Labute approximate surface area is 131 Å². The van der Waals surface area contributed by atoms with Gasteiger partial charge in [0.25, 0.3) is 0 Å². The van der Waals surface area contributed by atoms with E-state index >= 15 is 0 Å². The summed E-state index contributed by atoms with van der Waals surface area (Å²) in [6.07, 6.45) is 4.81. The van der Waals surface area contributed by atoms with Crippen LogP contribution in [0.3, 0.4) is 0 Å². The van der Waals surface area contributed by atoms with Crippen LogP contribution in [0.25, 0.3) is 10.8 Å². The van der Waals surface area contributed by atoms with E-state index in [4.69, 9.17) is 4.74 Å². The number of esters is 1. The molecule has 0 amide bonds. The smallest absolute Gasteiger partial charge is 0.309 e. The monoisotopic (exact) mass is 294 g/mol. The van der Waals surface area contributed by atoms with Gasteiger partial charge in [-0.05, 0) is 53.4 Å². The van der Waals surface area contributed by atoms with Crippen LogP contribution in [0, 0.1) is 17.8 Å². The van der Waals surface area contributed by atoms with Gasteiger partial charge < -0.3 is 4.74 Å². The molecule has 0 aromatic heterocycles. The van der Waals surface area contributed by atoms with Crippen LogP contribution >= 0.6 is 0 Å². The van der Waals surface area contributed by atoms with Gasteiger partial charge in [-0.3, -0.25) is 4.79 Å². The fourth-order valence-corrected chi connectivity index (χ4v) is 4.76. The van der Waals surface area contributed by atoms with Crippen molar-refractivity contribution >= 4 is 16.7 Å². The first-order valence-corrected chi connectivity index (χ1v) is 8.33. The van der Waals surface area contributed by atoms with Crippen LogP contribution in [0.2, 0.25) is 0 Å². The fraction of sp³-hybridized carbons (Fsp3) is 0.450. The molecule has 2 saturated carbocycles. The third kappa shape index (κ3) is 2.22. The first kappa shape index (κ1) is 13.8. The molecule has 0 aliphatic heterocycles. The van der Waals surface area contributed by atoms with E-state index in [9.17, 15) is 4.79 Å². The molecule has 0 N–H and O–H groups in total. The lowest BCUT2D eigenvalue weighted by Crippen LogP contribution is -2.33. The summed E-state index contributed by atoms with van der Waals surface area (Å²) in [7, 11) is 1.53. The van der Waals surface area contributed by atoms with E-state index in [1.165, 1.54) is 42.7 Å². The van der Waals surface area contributed by atoms with Crippen molar-refractivity contribution in [2.75, 3.05) is 7.11 Å². The Kier molecular flexibility index (Phi) is 3.40. The molecule has 2 bridgehead atoms. The second-order valence-electron chi connectivity index (χ2n) is 6.94. The molecular weight excluding hydrogens is 272 g/mol. The van der Waals surface area contributed by atoms with Crippen molar-refractivity contribution in [2.24, 2.45) is 17.8 Å². The summed E-state index contributed by atoms with van der Waals surface area (Å²) in [6, 6.07) is 15.1. The van der Waals surface area contributed by atoms with E-state index in [1.54, 1.807) is 0 Å². The normalized spacial score (nSPS) is 30.4. The summed E-state index contributed by atoms with van der Waals surface area (Å²) in [5.41, 5.74) is 1.31. The van der Waals surface area contributed by atoms with E-state index in [0.29, 0.717) is 11.8 Å². The number of benzene rings is 2. The summed E-state index contributed by atoms with van der Waals surface area (Å²) in [4.78, 5) is 12.4. The van der Waals surface area contributed by atoms with E-state index < -0.39 is 0 Å². The largest absolute Gasteiger partial charge is 0.469 e. The molecule has 4 rings (SSSR count). The van der Waals surface area contributed by atoms with Crippen molar-refractivity contribution in [1.82, 2.24) is 0 Å². The third-order valence-electron chi connectivity index (χ3n) is 5.79. The van der Waals surface area contributed by atoms with Crippen LogP contribution in [0.4, 0.5) is 0 Å². The molecular formula is C20H22O2. The van der Waals surface area contributed by atoms with Gasteiger partial charge in [0.15, 0.2) is 0 Å². The van der Waals surface area contributed by atoms with Crippen molar-refractivity contribution in [2.45, 2.75) is 31.6 Å². The zero-order valence-corrected chi connectivity index (χ0v) is 13.0. The number of carbonyl (C=O) groups is 1. The summed E-state index contributed by atoms with van der Waals surface area (Å²) >= 11 is 0. The highest BCUT2D eigenvalue weighted by Crippen LogP contribution is 2.52. The molecule has 2 aliphatic carbocycles. The summed E-state index contributed by atoms with van der Waals surface area (Å²) in [5.74, 6) is 1.67. The van der Waals surface area contributed by atoms with E-state index in [1.807, 2.05) is 0 Å².